The number of rotatable bonds is 12. The van der Waals surface area contributed by atoms with E-state index in [4.69, 9.17) is 11.6 Å². The van der Waals surface area contributed by atoms with Crippen LogP contribution in [0, 0.1) is 0 Å². The normalized spacial score (nSPS) is 12.0. The Morgan fingerprint density at radius 2 is 1.58 bits per heavy atom. The van der Waals surface area contributed by atoms with Crippen molar-refractivity contribution in [2.24, 2.45) is 0 Å². The summed E-state index contributed by atoms with van der Waals surface area (Å²) in [6, 6.07) is 22.4. The van der Waals surface area contributed by atoms with Crippen LogP contribution < -0.4 is 9.62 Å². The summed E-state index contributed by atoms with van der Waals surface area (Å²) in [5, 5.41) is 3.46. The maximum atomic E-state index is 14.0. The highest BCUT2D eigenvalue weighted by Crippen LogP contribution is 2.28. The zero-order valence-electron chi connectivity index (χ0n) is 21.3. The Bertz CT molecular complexity index is 1340. The van der Waals surface area contributed by atoms with Crippen LogP contribution in [-0.2, 0) is 32.6 Å². The van der Waals surface area contributed by atoms with E-state index in [1.54, 1.807) is 48.5 Å². The molecule has 0 bridgehead atoms. The lowest BCUT2D eigenvalue weighted by atomic mass is 10.0. The molecule has 0 radical (unpaired) electrons. The molecule has 0 aromatic heterocycles. The molecule has 0 saturated carbocycles. The van der Waals surface area contributed by atoms with Gasteiger partial charge < -0.3 is 10.2 Å². The summed E-state index contributed by atoms with van der Waals surface area (Å²) in [5.74, 6) is -0.807. The first-order chi connectivity index (χ1) is 18.1. The number of halogens is 2. The molecule has 0 aliphatic rings. The predicted molar refractivity (Wildman–Crippen MR) is 156 cm³/mol. The minimum absolute atomic E-state index is 0.0978. The number of anilines is 1. The van der Waals surface area contributed by atoms with E-state index in [-0.39, 0.29) is 18.9 Å². The number of hydrogen-bond acceptors (Lipinski definition) is 4. The quantitative estimate of drug-likeness (QED) is 0.308. The molecule has 202 valence electrons. The lowest BCUT2D eigenvalue weighted by molar-refractivity contribution is -0.140. The summed E-state index contributed by atoms with van der Waals surface area (Å²) in [6.45, 7) is 2.03. The Morgan fingerprint density at radius 1 is 0.947 bits per heavy atom. The standard InChI is InChI=1S/C28H31BrClN3O4S/c1-3-17-31-28(35)26(18-21-9-5-4-6-10-21)32(19-22-13-15-23(30)16-14-22)27(34)20-33(38(2,36)37)25-12-8-7-11-24(25)29/h4-16,26H,3,17-20H2,1-2H3,(H,31,35). The highest BCUT2D eigenvalue weighted by Gasteiger charge is 2.33. The van der Waals surface area contributed by atoms with Gasteiger partial charge in [-0.05, 0) is 57.7 Å². The fourth-order valence-corrected chi connectivity index (χ4v) is 5.56. The average molecular weight is 621 g/mol. The smallest absolute Gasteiger partial charge is 0.244 e. The van der Waals surface area contributed by atoms with E-state index in [1.165, 1.54) is 4.90 Å². The summed E-state index contributed by atoms with van der Waals surface area (Å²) < 4.78 is 27.2. The van der Waals surface area contributed by atoms with Crippen LogP contribution in [0.1, 0.15) is 24.5 Å². The van der Waals surface area contributed by atoms with Crippen molar-refractivity contribution in [3.63, 3.8) is 0 Å². The molecule has 0 aliphatic carbocycles. The van der Waals surface area contributed by atoms with Gasteiger partial charge in [0.2, 0.25) is 21.8 Å². The van der Waals surface area contributed by atoms with Gasteiger partial charge in [0.05, 0.1) is 11.9 Å². The van der Waals surface area contributed by atoms with Crippen molar-refractivity contribution in [1.82, 2.24) is 10.2 Å². The number of nitrogens with zero attached hydrogens (tertiary/aromatic N) is 2. The van der Waals surface area contributed by atoms with Crippen molar-refractivity contribution in [3.8, 4) is 0 Å². The summed E-state index contributed by atoms with van der Waals surface area (Å²) in [5.41, 5.74) is 1.98. The highest BCUT2D eigenvalue weighted by molar-refractivity contribution is 9.10. The van der Waals surface area contributed by atoms with Gasteiger partial charge in [-0.1, -0.05) is 73.1 Å². The van der Waals surface area contributed by atoms with Crippen LogP contribution in [0.4, 0.5) is 5.69 Å². The summed E-state index contributed by atoms with van der Waals surface area (Å²) in [6.07, 6.45) is 2.06. The third-order valence-corrected chi connectivity index (χ3v) is 7.94. The fourth-order valence-electron chi connectivity index (χ4n) is 3.96. The first-order valence-electron chi connectivity index (χ1n) is 12.2. The molecule has 1 atom stereocenters. The lowest BCUT2D eigenvalue weighted by Crippen LogP contribution is -2.53. The van der Waals surface area contributed by atoms with Gasteiger partial charge in [-0.25, -0.2) is 8.42 Å². The first kappa shape index (κ1) is 29.7. The molecule has 1 N–H and O–H groups in total. The van der Waals surface area contributed by atoms with Crippen molar-refractivity contribution >= 4 is 55.1 Å². The molecule has 1 unspecified atom stereocenters. The SMILES string of the molecule is CCCNC(=O)C(Cc1ccccc1)N(Cc1ccc(Cl)cc1)C(=O)CN(c1ccccc1Br)S(C)(=O)=O. The van der Waals surface area contributed by atoms with Crippen LogP contribution in [-0.4, -0.2) is 50.5 Å². The van der Waals surface area contributed by atoms with E-state index in [0.717, 1.165) is 28.1 Å². The molecular weight excluding hydrogens is 590 g/mol. The third-order valence-electron chi connectivity index (χ3n) is 5.89. The zero-order chi connectivity index (χ0) is 27.7. The minimum atomic E-state index is -3.83. The van der Waals surface area contributed by atoms with E-state index in [9.17, 15) is 18.0 Å². The van der Waals surface area contributed by atoms with Gasteiger partial charge in [0.15, 0.2) is 0 Å². The second-order valence-electron chi connectivity index (χ2n) is 8.87. The van der Waals surface area contributed by atoms with Gasteiger partial charge in [-0.2, -0.15) is 0 Å². The number of amides is 2. The van der Waals surface area contributed by atoms with E-state index >= 15 is 0 Å². The second-order valence-corrected chi connectivity index (χ2v) is 12.1. The van der Waals surface area contributed by atoms with E-state index in [0.29, 0.717) is 21.7 Å². The van der Waals surface area contributed by atoms with E-state index < -0.39 is 28.5 Å². The highest BCUT2D eigenvalue weighted by atomic mass is 79.9. The molecule has 10 heteroatoms. The molecule has 3 aromatic carbocycles. The van der Waals surface area contributed by atoms with Crippen molar-refractivity contribution in [2.75, 3.05) is 23.7 Å². The number of hydrogen-bond donors (Lipinski definition) is 1. The minimum Gasteiger partial charge on any atom is -0.354 e. The monoisotopic (exact) mass is 619 g/mol. The average Bonchev–Trinajstić information content (AvgIpc) is 2.89. The molecule has 0 aliphatic heterocycles. The largest absolute Gasteiger partial charge is 0.354 e. The summed E-state index contributed by atoms with van der Waals surface area (Å²) in [4.78, 5) is 28.9. The zero-order valence-corrected chi connectivity index (χ0v) is 24.5. The van der Waals surface area contributed by atoms with Crippen LogP contribution in [0.2, 0.25) is 5.02 Å². The number of carbonyl (C=O) groups is 2. The van der Waals surface area contributed by atoms with Gasteiger partial charge in [-0.3, -0.25) is 13.9 Å². The van der Waals surface area contributed by atoms with Crippen molar-refractivity contribution < 1.29 is 18.0 Å². The predicted octanol–water partition coefficient (Wildman–Crippen LogP) is 5.03. The fraction of sp³-hybridized carbons (Fsp3) is 0.286. The maximum Gasteiger partial charge on any atom is 0.244 e. The van der Waals surface area contributed by atoms with Gasteiger partial charge >= 0.3 is 0 Å². The van der Waals surface area contributed by atoms with Gasteiger partial charge in [0.1, 0.15) is 12.6 Å². The van der Waals surface area contributed by atoms with E-state index in [1.807, 2.05) is 37.3 Å². The van der Waals surface area contributed by atoms with Crippen LogP contribution in [0.3, 0.4) is 0 Å². The Labute approximate surface area is 238 Å². The molecule has 7 nitrogen and oxygen atoms in total. The number of sulfonamides is 1. The molecule has 3 aromatic rings. The number of carbonyl (C=O) groups excluding carboxylic acids is 2. The van der Waals surface area contributed by atoms with Crippen LogP contribution in [0.15, 0.2) is 83.3 Å². The summed E-state index contributed by atoms with van der Waals surface area (Å²) in [7, 11) is -3.83. The lowest BCUT2D eigenvalue weighted by Gasteiger charge is -2.33. The van der Waals surface area contributed by atoms with Crippen LogP contribution in [0.5, 0.6) is 0 Å². The van der Waals surface area contributed by atoms with Crippen molar-refractivity contribution in [1.29, 1.82) is 0 Å². The summed E-state index contributed by atoms with van der Waals surface area (Å²) >= 11 is 9.46. The van der Waals surface area contributed by atoms with Crippen LogP contribution >= 0.6 is 27.5 Å². The Balaban J connectivity index is 2.04. The number of nitrogens with one attached hydrogen (secondary N) is 1. The molecule has 0 saturated heterocycles. The number of para-hydroxylation sites is 1. The van der Waals surface area contributed by atoms with Crippen molar-refractivity contribution in [3.05, 3.63) is 99.5 Å². The topological polar surface area (TPSA) is 86.8 Å². The maximum absolute atomic E-state index is 14.0. The molecule has 0 heterocycles. The van der Waals surface area contributed by atoms with Crippen molar-refractivity contribution in [2.45, 2.75) is 32.4 Å². The molecule has 0 fully saturated rings. The third kappa shape index (κ3) is 8.31. The Hall–Kier alpha value is -2.88. The molecule has 0 spiro atoms. The van der Waals surface area contributed by atoms with Crippen LogP contribution in [0.25, 0.3) is 0 Å². The Morgan fingerprint density at radius 3 is 2.18 bits per heavy atom. The molecule has 2 amide bonds. The second kappa shape index (κ2) is 13.8. The van der Waals surface area contributed by atoms with Gasteiger partial charge in [-0.15, -0.1) is 0 Å². The molecule has 38 heavy (non-hydrogen) atoms. The van der Waals surface area contributed by atoms with Gasteiger partial charge in [0.25, 0.3) is 0 Å². The molecular formula is C28H31BrClN3O4S. The first-order valence-corrected chi connectivity index (χ1v) is 15.2. The number of benzene rings is 3. The molecule has 3 rings (SSSR count). The Kier molecular flexibility index (Phi) is 10.8. The van der Waals surface area contributed by atoms with Gasteiger partial charge in [0, 0.05) is 29.0 Å². The van der Waals surface area contributed by atoms with E-state index in [2.05, 4.69) is 21.2 Å².